The van der Waals surface area contributed by atoms with Gasteiger partial charge in [0.2, 0.25) is 0 Å². The van der Waals surface area contributed by atoms with Crippen molar-refractivity contribution in [3.8, 4) is 0 Å². The van der Waals surface area contributed by atoms with Gasteiger partial charge in [0.05, 0.1) is 23.9 Å². The molecule has 2 heterocycles. The van der Waals surface area contributed by atoms with Crippen molar-refractivity contribution in [2.75, 3.05) is 20.8 Å². The molecule has 0 bridgehead atoms. The Morgan fingerprint density at radius 2 is 1.83 bits per heavy atom. The molecule has 23 heavy (non-hydrogen) atoms. The maximum absolute atomic E-state index is 5.41. The van der Waals surface area contributed by atoms with E-state index in [0.29, 0.717) is 6.61 Å². The van der Waals surface area contributed by atoms with E-state index in [1.54, 1.807) is 7.11 Å². The number of likely N-dealkylation sites (N-methyl/N-ethyl adjacent to an activating group) is 1. The summed E-state index contributed by atoms with van der Waals surface area (Å²) in [5.74, 6) is 0. The number of ether oxygens (including phenoxy) is 1. The lowest BCUT2D eigenvalue weighted by Crippen LogP contribution is -2.28. The van der Waals surface area contributed by atoms with Gasteiger partial charge in [-0.2, -0.15) is 0 Å². The Labute approximate surface area is 136 Å². The highest BCUT2D eigenvalue weighted by Gasteiger charge is 2.19. The van der Waals surface area contributed by atoms with Gasteiger partial charge in [-0.1, -0.05) is 24.3 Å². The number of nitrogens with zero attached hydrogens (tertiary/aromatic N) is 3. The summed E-state index contributed by atoms with van der Waals surface area (Å²) in [6, 6.07) is 16.4. The summed E-state index contributed by atoms with van der Waals surface area (Å²) in [5.41, 5.74) is 3.31. The molecule has 0 unspecified atom stereocenters. The number of aromatic nitrogens is 2. The molecule has 118 valence electrons. The third kappa shape index (κ3) is 3.55. The topological polar surface area (TPSA) is 38.2 Å². The van der Waals surface area contributed by atoms with Gasteiger partial charge in [0.25, 0.3) is 0 Å². The molecule has 1 aromatic carbocycles. The van der Waals surface area contributed by atoms with Crippen LogP contribution in [-0.4, -0.2) is 35.6 Å². The van der Waals surface area contributed by atoms with Crippen molar-refractivity contribution in [2.45, 2.75) is 12.6 Å². The summed E-state index contributed by atoms with van der Waals surface area (Å²) in [6.45, 7) is 1.42. The SMILES string of the molecule is COC[C@@H](c1ccccn1)N(C)Cc1ccnc2ccccc12. The Morgan fingerprint density at radius 1 is 1.00 bits per heavy atom. The van der Waals surface area contributed by atoms with Gasteiger partial charge in [-0.3, -0.25) is 14.9 Å². The Kier molecular flexibility index (Phi) is 4.95. The predicted octanol–water partition coefficient (Wildman–Crippen LogP) is 3.45. The van der Waals surface area contributed by atoms with E-state index in [1.807, 2.05) is 42.7 Å². The Bertz CT molecular complexity index is 755. The molecule has 0 aliphatic rings. The van der Waals surface area contributed by atoms with Crippen LogP contribution >= 0.6 is 0 Å². The maximum atomic E-state index is 5.41. The van der Waals surface area contributed by atoms with E-state index < -0.39 is 0 Å². The van der Waals surface area contributed by atoms with Crippen LogP contribution in [0.1, 0.15) is 17.3 Å². The minimum Gasteiger partial charge on any atom is -0.383 e. The molecule has 0 spiro atoms. The Hall–Kier alpha value is -2.30. The number of methoxy groups -OCH3 is 1. The Balaban J connectivity index is 1.87. The lowest BCUT2D eigenvalue weighted by molar-refractivity contribution is 0.100. The van der Waals surface area contributed by atoms with Gasteiger partial charge >= 0.3 is 0 Å². The van der Waals surface area contributed by atoms with Gasteiger partial charge in [-0.25, -0.2) is 0 Å². The van der Waals surface area contributed by atoms with Crippen LogP contribution in [0, 0.1) is 0 Å². The monoisotopic (exact) mass is 307 g/mol. The third-order valence-electron chi connectivity index (χ3n) is 4.04. The number of hydrogen-bond acceptors (Lipinski definition) is 4. The van der Waals surface area contributed by atoms with Crippen LogP contribution < -0.4 is 0 Å². The Morgan fingerprint density at radius 3 is 2.61 bits per heavy atom. The first-order valence-corrected chi connectivity index (χ1v) is 7.72. The van der Waals surface area contributed by atoms with Gasteiger partial charge in [0.15, 0.2) is 0 Å². The van der Waals surface area contributed by atoms with Gasteiger partial charge < -0.3 is 4.74 Å². The molecule has 3 aromatic rings. The molecule has 0 aliphatic heterocycles. The maximum Gasteiger partial charge on any atom is 0.0757 e. The summed E-state index contributed by atoms with van der Waals surface area (Å²) in [7, 11) is 3.83. The van der Waals surface area contributed by atoms with Crippen LogP contribution in [0.3, 0.4) is 0 Å². The lowest BCUT2D eigenvalue weighted by Gasteiger charge is -2.27. The standard InChI is InChI=1S/C19H21N3O/c1-22(19(14-23-2)18-9-5-6-11-20-18)13-15-10-12-21-17-8-4-3-7-16(15)17/h3-12,19H,13-14H2,1-2H3/t19-/m0/s1. The zero-order valence-corrected chi connectivity index (χ0v) is 13.5. The molecule has 3 rings (SSSR count). The van der Waals surface area contributed by atoms with E-state index in [4.69, 9.17) is 4.74 Å². The van der Waals surface area contributed by atoms with Gasteiger partial charge in [-0.15, -0.1) is 0 Å². The molecule has 0 amide bonds. The second-order valence-corrected chi connectivity index (χ2v) is 5.63. The smallest absolute Gasteiger partial charge is 0.0757 e. The number of fused-ring (bicyclic) bond motifs is 1. The summed E-state index contributed by atoms with van der Waals surface area (Å²) < 4.78 is 5.41. The van der Waals surface area contributed by atoms with E-state index in [2.05, 4.69) is 40.1 Å². The zero-order valence-electron chi connectivity index (χ0n) is 13.5. The average Bonchev–Trinajstić information content (AvgIpc) is 2.60. The molecule has 0 fully saturated rings. The molecule has 4 nitrogen and oxygen atoms in total. The normalized spacial score (nSPS) is 12.7. The van der Waals surface area contributed by atoms with E-state index >= 15 is 0 Å². The van der Waals surface area contributed by atoms with Crippen molar-refractivity contribution in [1.29, 1.82) is 0 Å². The number of benzene rings is 1. The van der Waals surface area contributed by atoms with Crippen molar-refractivity contribution in [1.82, 2.24) is 14.9 Å². The minimum absolute atomic E-state index is 0.119. The molecular formula is C19H21N3O. The number of para-hydroxylation sites is 1. The minimum atomic E-state index is 0.119. The first kappa shape index (κ1) is 15.6. The number of pyridine rings is 2. The van der Waals surface area contributed by atoms with Crippen molar-refractivity contribution >= 4 is 10.9 Å². The molecule has 0 saturated heterocycles. The highest BCUT2D eigenvalue weighted by Crippen LogP contribution is 2.23. The highest BCUT2D eigenvalue weighted by atomic mass is 16.5. The van der Waals surface area contributed by atoms with Gasteiger partial charge in [0.1, 0.15) is 0 Å². The van der Waals surface area contributed by atoms with E-state index in [0.717, 1.165) is 17.8 Å². The average molecular weight is 307 g/mol. The van der Waals surface area contributed by atoms with Crippen LogP contribution in [0.5, 0.6) is 0 Å². The van der Waals surface area contributed by atoms with Crippen LogP contribution in [0.2, 0.25) is 0 Å². The second-order valence-electron chi connectivity index (χ2n) is 5.63. The third-order valence-corrected chi connectivity index (χ3v) is 4.04. The van der Waals surface area contributed by atoms with Crippen molar-refractivity contribution < 1.29 is 4.74 Å². The highest BCUT2D eigenvalue weighted by molar-refractivity contribution is 5.81. The molecule has 0 N–H and O–H groups in total. The quantitative estimate of drug-likeness (QED) is 0.699. The fourth-order valence-electron chi connectivity index (χ4n) is 2.84. The molecule has 2 aromatic heterocycles. The summed E-state index contributed by atoms with van der Waals surface area (Å²) >= 11 is 0. The van der Waals surface area contributed by atoms with E-state index in [9.17, 15) is 0 Å². The second kappa shape index (κ2) is 7.31. The van der Waals surface area contributed by atoms with Crippen LogP contribution in [0.15, 0.2) is 60.9 Å². The number of hydrogen-bond donors (Lipinski definition) is 0. The van der Waals surface area contributed by atoms with Crippen LogP contribution in [-0.2, 0) is 11.3 Å². The van der Waals surface area contributed by atoms with E-state index in [1.165, 1.54) is 10.9 Å². The van der Waals surface area contributed by atoms with Crippen LogP contribution in [0.25, 0.3) is 10.9 Å². The first-order chi connectivity index (χ1) is 11.3. The van der Waals surface area contributed by atoms with Gasteiger partial charge in [0, 0.05) is 31.4 Å². The largest absolute Gasteiger partial charge is 0.383 e. The zero-order chi connectivity index (χ0) is 16.1. The number of rotatable bonds is 6. The van der Waals surface area contributed by atoms with Crippen LogP contribution in [0.4, 0.5) is 0 Å². The van der Waals surface area contributed by atoms with Crippen molar-refractivity contribution in [2.24, 2.45) is 0 Å². The predicted molar refractivity (Wildman–Crippen MR) is 92.1 cm³/mol. The van der Waals surface area contributed by atoms with Gasteiger partial charge in [-0.05, 0) is 36.9 Å². The molecule has 1 atom stereocenters. The van der Waals surface area contributed by atoms with E-state index in [-0.39, 0.29) is 6.04 Å². The summed E-state index contributed by atoms with van der Waals surface area (Å²) in [6.07, 6.45) is 3.70. The summed E-state index contributed by atoms with van der Waals surface area (Å²) in [5, 5.41) is 1.19. The molecule has 0 aliphatic carbocycles. The fourth-order valence-corrected chi connectivity index (χ4v) is 2.84. The molecule has 0 radical (unpaired) electrons. The van der Waals surface area contributed by atoms with Crippen molar-refractivity contribution in [3.63, 3.8) is 0 Å². The van der Waals surface area contributed by atoms with Crippen molar-refractivity contribution in [3.05, 3.63) is 72.2 Å². The lowest BCUT2D eigenvalue weighted by atomic mass is 10.1. The fraction of sp³-hybridized carbons (Fsp3) is 0.263. The molecule has 4 heteroatoms. The molecular weight excluding hydrogens is 286 g/mol. The summed E-state index contributed by atoms with van der Waals surface area (Å²) in [4.78, 5) is 11.2. The molecule has 0 saturated carbocycles. The first-order valence-electron chi connectivity index (χ1n) is 7.72.